The molecule has 5 aromatic carbocycles. The lowest BCUT2D eigenvalue weighted by Crippen LogP contribution is -1.92. The fourth-order valence-electron chi connectivity index (χ4n) is 4.24. The average Bonchev–Trinajstić information content (AvgIpc) is 3.11. The van der Waals surface area contributed by atoms with E-state index in [0.717, 1.165) is 13.8 Å². The maximum absolute atomic E-state index is 13.7. The van der Waals surface area contributed by atoms with E-state index in [1.165, 1.54) is 79.7 Å². The molecule has 0 amide bonds. The Labute approximate surface area is 314 Å². The van der Waals surface area contributed by atoms with Gasteiger partial charge in [0.15, 0.2) is 5.78 Å². The summed E-state index contributed by atoms with van der Waals surface area (Å²) in [5.74, 6) is -3.63. The molecular weight excluding hydrogens is 723 g/mol. The molecule has 8 nitrogen and oxygen atoms in total. The van der Waals surface area contributed by atoms with Crippen molar-refractivity contribution in [2.75, 3.05) is 0 Å². The van der Waals surface area contributed by atoms with Crippen LogP contribution in [0.25, 0.3) is 33.6 Å². The number of rotatable bonds is 5. The number of aliphatic carboxylic acids is 2. The number of ketones is 1. The minimum Gasteiger partial charge on any atom is -0.481 e. The zero-order valence-electron chi connectivity index (χ0n) is 29.9. The molecule has 0 saturated heterocycles. The van der Waals surface area contributed by atoms with Gasteiger partial charge < -0.3 is 16.4 Å². The van der Waals surface area contributed by atoms with Crippen LogP contribution in [0.4, 0.5) is 22.0 Å². The number of nitrogens with zero attached hydrogens (tertiary/aromatic N) is 1. The number of aromatic nitrogens is 1. The van der Waals surface area contributed by atoms with Crippen LogP contribution >= 0.6 is 0 Å². The average molecular weight is 761 g/mol. The molecule has 0 saturated carbocycles. The molecule has 286 valence electrons. The van der Waals surface area contributed by atoms with Gasteiger partial charge in [0.25, 0.3) is 11.9 Å². The smallest absolute Gasteiger partial charge is 0.300 e. The Kier molecular flexibility index (Phi) is 19.8. The van der Waals surface area contributed by atoms with Crippen LogP contribution in [0.15, 0.2) is 133 Å². The first-order valence-electron chi connectivity index (χ1n) is 15.7. The van der Waals surface area contributed by atoms with Crippen LogP contribution in [0.1, 0.15) is 41.5 Å². The quantitative estimate of drug-likeness (QED) is 0.0890. The van der Waals surface area contributed by atoms with Crippen LogP contribution in [0.2, 0.25) is 0 Å². The molecule has 1 aromatic heterocycles. The van der Waals surface area contributed by atoms with Gasteiger partial charge in [-0.25, -0.2) is 26.9 Å². The van der Waals surface area contributed by atoms with E-state index in [-0.39, 0.29) is 41.0 Å². The van der Waals surface area contributed by atoms with Crippen LogP contribution in [0, 0.1) is 29.1 Å². The molecule has 0 bridgehead atoms. The molecule has 0 unspecified atom stereocenters. The topological polar surface area (TPSA) is 157 Å². The van der Waals surface area contributed by atoms with Crippen molar-refractivity contribution in [2.45, 2.75) is 20.8 Å². The van der Waals surface area contributed by atoms with Gasteiger partial charge in [-0.3, -0.25) is 19.2 Å². The molecule has 0 aliphatic carbocycles. The molecule has 13 heteroatoms. The summed E-state index contributed by atoms with van der Waals surface area (Å²) in [5.41, 5.74) is 4.38. The summed E-state index contributed by atoms with van der Waals surface area (Å²) >= 11 is 0. The molecule has 0 radical (unpaired) electrons. The number of carboxylic acids is 2. The number of carbonyl (C=O) groups is 4. The largest absolute Gasteiger partial charge is 0.481 e. The summed E-state index contributed by atoms with van der Waals surface area (Å²) in [6, 6.07) is 33.1. The zero-order chi connectivity index (χ0) is 40.2. The number of carbonyl (C=O) groups excluding carboxylic acids is 2. The molecule has 0 fully saturated rings. The maximum atomic E-state index is 13.7. The SMILES string of the molecule is CC(=O)O.CC(=O)O.CC(=O)c1cccc(F)c1.Fc1cccc(-c2cc(-c3cccc(F)c3)nc(-c3cccc(F)c3)c2)c1.N.O=Cc1cccc(F)c1. The van der Waals surface area contributed by atoms with Crippen molar-refractivity contribution in [2.24, 2.45) is 0 Å². The highest BCUT2D eigenvalue weighted by Gasteiger charge is 2.11. The van der Waals surface area contributed by atoms with E-state index in [4.69, 9.17) is 19.8 Å². The molecule has 6 rings (SSSR count). The first-order chi connectivity index (χ1) is 25.6. The highest BCUT2D eigenvalue weighted by Crippen LogP contribution is 2.31. The van der Waals surface area contributed by atoms with Crippen LogP contribution in [-0.2, 0) is 9.59 Å². The van der Waals surface area contributed by atoms with E-state index in [1.807, 2.05) is 0 Å². The first-order valence-corrected chi connectivity index (χ1v) is 15.7. The van der Waals surface area contributed by atoms with Crippen LogP contribution in [0.5, 0.6) is 0 Å². The molecule has 0 spiro atoms. The first kappa shape index (κ1) is 46.2. The minimum atomic E-state index is -0.833. The number of pyridine rings is 1. The van der Waals surface area contributed by atoms with E-state index in [0.29, 0.717) is 51.1 Å². The number of hydrogen-bond donors (Lipinski definition) is 3. The Bertz CT molecular complexity index is 2020. The normalized spacial score (nSPS) is 9.38. The molecule has 0 aliphatic heterocycles. The van der Waals surface area contributed by atoms with Crippen molar-refractivity contribution in [3.63, 3.8) is 0 Å². The third kappa shape index (κ3) is 18.0. The van der Waals surface area contributed by atoms with Gasteiger partial charge in [0.1, 0.15) is 35.4 Å². The van der Waals surface area contributed by atoms with Crippen LogP contribution < -0.4 is 6.15 Å². The Balaban J connectivity index is 0.000000442. The van der Waals surface area contributed by atoms with Crippen LogP contribution in [0.3, 0.4) is 0 Å². The lowest BCUT2D eigenvalue weighted by Gasteiger charge is -2.10. The van der Waals surface area contributed by atoms with Crippen molar-refractivity contribution in [3.8, 4) is 33.6 Å². The summed E-state index contributed by atoms with van der Waals surface area (Å²) in [5, 5.41) is 14.8. The Morgan fingerprint density at radius 1 is 0.491 bits per heavy atom. The van der Waals surface area contributed by atoms with Crippen molar-refractivity contribution < 1.29 is 51.3 Å². The number of carboxylic acid groups (broad SMARTS) is 2. The maximum Gasteiger partial charge on any atom is 0.300 e. The standard InChI is InChI=1S/C23H14F3N.C8H7FO.C7H5FO.2C2H4O2.H3N/c24-19-7-1-4-15(10-19)18-13-22(16-5-2-8-20(25)11-16)27-23(14-18)17-6-3-9-21(26)12-17;1-6(10)7-3-2-4-8(9)5-7;8-7-3-1-2-6(4-7)5-9;2*1-2(3)4;/h1-14H;2-5H,1H3;1-5H;2*1H3,(H,3,4);1H3. The monoisotopic (exact) mass is 760 g/mol. The third-order valence-corrected chi connectivity index (χ3v) is 6.44. The summed E-state index contributed by atoms with van der Waals surface area (Å²) in [7, 11) is 0. The van der Waals surface area contributed by atoms with Crippen LogP contribution in [-0.4, -0.2) is 39.2 Å². The number of hydrogen-bond acceptors (Lipinski definition) is 6. The van der Waals surface area contributed by atoms with Gasteiger partial charge in [-0.15, -0.1) is 0 Å². The van der Waals surface area contributed by atoms with Crippen molar-refractivity contribution in [1.82, 2.24) is 11.1 Å². The van der Waals surface area contributed by atoms with Crippen molar-refractivity contribution in [3.05, 3.63) is 174 Å². The van der Waals surface area contributed by atoms with E-state index < -0.39 is 11.9 Å². The summed E-state index contributed by atoms with van der Waals surface area (Å²) in [6.45, 7) is 3.58. The predicted octanol–water partition coefficient (Wildman–Crippen LogP) is 10.5. The van der Waals surface area contributed by atoms with Gasteiger partial charge in [0, 0.05) is 36.1 Å². The molecule has 0 atom stereocenters. The number of benzene rings is 5. The van der Waals surface area contributed by atoms with E-state index in [1.54, 1.807) is 60.7 Å². The van der Waals surface area contributed by atoms with Gasteiger partial charge >= 0.3 is 0 Å². The summed E-state index contributed by atoms with van der Waals surface area (Å²) < 4.78 is 65.6. The second kappa shape index (κ2) is 23.7. The minimum absolute atomic E-state index is 0. The molecule has 6 aromatic rings. The molecule has 55 heavy (non-hydrogen) atoms. The second-order valence-corrected chi connectivity index (χ2v) is 10.9. The fourth-order valence-corrected chi connectivity index (χ4v) is 4.24. The van der Waals surface area contributed by atoms with Gasteiger partial charge in [-0.05, 0) is 90.8 Å². The van der Waals surface area contributed by atoms with Gasteiger partial charge in [0.05, 0.1) is 11.4 Å². The Morgan fingerprint density at radius 2 is 0.836 bits per heavy atom. The lowest BCUT2D eigenvalue weighted by molar-refractivity contribution is -0.135. The number of Topliss-reactive ketones (excluding diaryl/α,β-unsaturated/α-hetero) is 1. The zero-order valence-corrected chi connectivity index (χ0v) is 29.9. The van der Waals surface area contributed by atoms with Crippen molar-refractivity contribution in [1.29, 1.82) is 0 Å². The highest BCUT2D eigenvalue weighted by atomic mass is 19.1. The van der Waals surface area contributed by atoms with E-state index >= 15 is 0 Å². The van der Waals surface area contributed by atoms with Gasteiger partial charge in [0.2, 0.25) is 0 Å². The molecular formula is C42H37F5N2O6. The fraction of sp³-hybridized carbons (Fsp3) is 0.0714. The third-order valence-electron chi connectivity index (χ3n) is 6.44. The molecule has 0 aliphatic rings. The number of aldehydes is 1. The molecule has 1 heterocycles. The predicted molar refractivity (Wildman–Crippen MR) is 200 cm³/mol. The Hall–Kier alpha value is -6.86. The lowest BCUT2D eigenvalue weighted by atomic mass is 10.00. The second-order valence-electron chi connectivity index (χ2n) is 10.9. The Morgan fingerprint density at radius 3 is 1.16 bits per heavy atom. The summed E-state index contributed by atoms with van der Waals surface area (Å²) in [4.78, 5) is 43.2. The van der Waals surface area contributed by atoms with Gasteiger partial charge in [-0.2, -0.15) is 0 Å². The number of halogens is 5. The van der Waals surface area contributed by atoms with Crippen molar-refractivity contribution >= 4 is 24.0 Å². The van der Waals surface area contributed by atoms with E-state index in [9.17, 15) is 31.5 Å². The van der Waals surface area contributed by atoms with E-state index in [2.05, 4.69) is 4.98 Å². The highest BCUT2D eigenvalue weighted by molar-refractivity contribution is 5.93. The molecule has 5 N–H and O–H groups in total. The van der Waals surface area contributed by atoms with Gasteiger partial charge in [-0.1, -0.05) is 60.7 Å². The summed E-state index contributed by atoms with van der Waals surface area (Å²) in [6.07, 6.45) is 0.614.